The Morgan fingerprint density at radius 3 is 2.71 bits per heavy atom. The van der Waals surface area contributed by atoms with Gasteiger partial charge in [0, 0.05) is 18.6 Å². The molecule has 0 N–H and O–H groups in total. The SMILES string of the molecule is CSCCc1nc(CCOS(C)(=O)=O)c(C)o1. The number of rotatable bonds is 7. The van der Waals surface area contributed by atoms with Crippen molar-refractivity contribution < 1.29 is 17.0 Å². The molecule has 1 rings (SSSR count). The second-order valence-corrected chi connectivity index (χ2v) is 6.26. The van der Waals surface area contributed by atoms with Crippen molar-refractivity contribution in [3.63, 3.8) is 0 Å². The van der Waals surface area contributed by atoms with Gasteiger partial charge in [-0.05, 0) is 13.2 Å². The van der Waals surface area contributed by atoms with Gasteiger partial charge in [0.1, 0.15) is 5.76 Å². The fourth-order valence-corrected chi connectivity index (χ4v) is 2.07. The van der Waals surface area contributed by atoms with E-state index in [1.54, 1.807) is 11.8 Å². The van der Waals surface area contributed by atoms with Gasteiger partial charge in [-0.3, -0.25) is 4.18 Å². The van der Waals surface area contributed by atoms with E-state index in [1.165, 1.54) is 0 Å². The number of aromatic nitrogens is 1. The van der Waals surface area contributed by atoms with E-state index in [9.17, 15) is 8.42 Å². The molecule has 0 spiro atoms. The van der Waals surface area contributed by atoms with E-state index in [-0.39, 0.29) is 6.61 Å². The summed E-state index contributed by atoms with van der Waals surface area (Å²) in [6.07, 6.45) is 4.29. The highest BCUT2D eigenvalue weighted by molar-refractivity contribution is 7.98. The summed E-state index contributed by atoms with van der Waals surface area (Å²) in [6.45, 7) is 1.93. The summed E-state index contributed by atoms with van der Waals surface area (Å²) in [4.78, 5) is 4.31. The highest BCUT2D eigenvalue weighted by Crippen LogP contribution is 2.12. The third-order valence-corrected chi connectivity index (χ3v) is 3.30. The van der Waals surface area contributed by atoms with E-state index in [2.05, 4.69) is 9.17 Å². The largest absolute Gasteiger partial charge is 0.446 e. The number of aryl methyl sites for hydroxylation is 2. The zero-order valence-electron chi connectivity index (χ0n) is 10.2. The standard InChI is InChI=1S/C10H17NO4S2/c1-8-9(4-6-14-17(3,12)13)11-10(15-8)5-7-16-2/h4-7H2,1-3H3. The Morgan fingerprint density at radius 1 is 1.41 bits per heavy atom. The molecule has 0 saturated heterocycles. The van der Waals surface area contributed by atoms with Gasteiger partial charge >= 0.3 is 0 Å². The van der Waals surface area contributed by atoms with E-state index < -0.39 is 10.1 Å². The second-order valence-electron chi connectivity index (χ2n) is 3.63. The lowest BCUT2D eigenvalue weighted by Crippen LogP contribution is -2.07. The van der Waals surface area contributed by atoms with Crippen LogP contribution in [-0.2, 0) is 27.1 Å². The molecule has 0 aliphatic rings. The van der Waals surface area contributed by atoms with Crippen molar-refractivity contribution in [3.8, 4) is 0 Å². The fourth-order valence-electron chi connectivity index (χ4n) is 1.31. The van der Waals surface area contributed by atoms with Gasteiger partial charge in [0.25, 0.3) is 10.1 Å². The first kappa shape index (κ1) is 14.5. The third kappa shape index (κ3) is 5.56. The average molecular weight is 279 g/mol. The number of thioether (sulfide) groups is 1. The maximum atomic E-state index is 10.8. The van der Waals surface area contributed by atoms with Crippen molar-refractivity contribution in [2.24, 2.45) is 0 Å². The van der Waals surface area contributed by atoms with Crippen LogP contribution in [-0.4, -0.2) is 38.3 Å². The fraction of sp³-hybridized carbons (Fsp3) is 0.700. The molecule has 0 aliphatic carbocycles. The van der Waals surface area contributed by atoms with Crippen LogP contribution in [0.1, 0.15) is 17.3 Å². The van der Waals surface area contributed by atoms with Gasteiger partial charge in [0.15, 0.2) is 5.89 Å². The predicted molar refractivity (Wildman–Crippen MR) is 67.8 cm³/mol. The van der Waals surface area contributed by atoms with E-state index >= 15 is 0 Å². The van der Waals surface area contributed by atoms with Crippen LogP contribution in [0.5, 0.6) is 0 Å². The Bertz CT molecular complexity index is 453. The van der Waals surface area contributed by atoms with Crippen molar-refractivity contribution in [2.45, 2.75) is 19.8 Å². The van der Waals surface area contributed by atoms with Crippen molar-refractivity contribution in [1.82, 2.24) is 4.98 Å². The Kier molecular flexibility index (Phi) is 5.48. The minimum absolute atomic E-state index is 0.105. The molecule has 1 aromatic heterocycles. The van der Waals surface area contributed by atoms with Crippen LogP contribution in [0.25, 0.3) is 0 Å². The highest BCUT2D eigenvalue weighted by atomic mass is 32.2. The van der Waals surface area contributed by atoms with Crippen LogP contribution in [0.2, 0.25) is 0 Å². The molecule has 98 valence electrons. The number of nitrogens with zero attached hydrogens (tertiary/aromatic N) is 1. The van der Waals surface area contributed by atoms with Crippen LogP contribution < -0.4 is 0 Å². The van der Waals surface area contributed by atoms with Crippen LogP contribution in [0.4, 0.5) is 0 Å². The molecule has 0 radical (unpaired) electrons. The first-order valence-electron chi connectivity index (χ1n) is 5.21. The first-order chi connectivity index (χ1) is 7.92. The number of hydrogen-bond acceptors (Lipinski definition) is 6. The lowest BCUT2D eigenvalue weighted by atomic mass is 10.3. The van der Waals surface area contributed by atoms with Gasteiger partial charge in [-0.25, -0.2) is 4.98 Å². The molecule has 1 heterocycles. The molecule has 0 aromatic carbocycles. The molecule has 0 amide bonds. The quantitative estimate of drug-likeness (QED) is 0.703. The number of hydrogen-bond donors (Lipinski definition) is 0. The summed E-state index contributed by atoms with van der Waals surface area (Å²) >= 11 is 1.73. The van der Waals surface area contributed by atoms with E-state index in [0.29, 0.717) is 12.3 Å². The van der Waals surface area contributed by atoms with Crippen LogP contribution >= 0.6 is 11.8 Å². The topological polar surface area (TPSA) is 69.4 Å². The Hall–Kier alpha value is -0.530. The molecule has 17 heavy (non-hydrogen) atoms. The predicted octanol–water partition coefficient (Wildman–Crippen LogP) is 1.41. The maximum Gasteiger partial charge on any atom is 0.264 e. The van der Waals surface area contributed by atoms with Gasteiger partial charge in [0.2, 0.25) is 0 Å². The Morgan fingerprint density at radius 2 is 2.12 bits per heavy atom. The molecule has 0 bridgehead atoms. The lowest BCUT2D eigenvalue weighted by Gasteiger charge is -1.98. The summed E-state index contributed by atoms with van der Waals surface area (Å²) in [5.74, 6) is 2.39. The Labute approximate surface area is 106 Å². The molecule has 0 aliphatic heterocycles. The molecule has 0 fully saturated rings. The molecule has 0 saturated carbocycles. The van der Waals surface area contributed by atoms with Crippen LogP contribution in [0.15, 0.2) is 4.42 Å². The molecular formula is C10H17NO4S2. The average Bonchev–Trinajstić information content (AvgIpc) is 2.55. The molecule has 0 unspecified atom stereocenters. The molecule has 1 aromatic rings. The normalized spacial score (nSPS) is 11.9. The monoisotopic (exact) mass is 279 g/mol. The third-order valence-electron chi connectivity index (χ3n) is 2.09. The zero-order chi connectivity index (χ0) is 12.9. The van der Waals surface area contributed by atoms with E-state index in [1.807, 2.05) is 13.2 Å². The van der Waals surface area contributed by atoms with Crippen molar-refractivity contribution >= 4 is 21.9 Å². The second kappa shape index (κ2) is 6.42. The van der Waals surface area contributed by atoms with Gasteiger partial charge in [-0.2, -0.15) is 20.2 Å². The Balaban J connectivity index is 2.50. The van der Waals surface area contributed by atoms with Crippen molar-refractivity contribution in [2.75, 3.05) is 24.9 Å². The number of oxazole rings is 1. The minimum Gasteiger partial charge on any atom is -0.446 e. The summed E-state index contributed by atoms with van der Waals surface area (Å²) in [5, 5.41) is 0. The molecule has 0 atom stereocenters. The van der Waals surface area contributed by atoms with Gasteiger partial charge < -0.3 is 4.42 Å². The zero-order valence-corrected chi connectivity index (χ0v) is 11.9. The first-order valence-corrected chi connectivity index (χ1v) is 8.42. The van der Waals surface area contributed by atoms with Gasteiger partial charge in [-0.15, -0.1) is 0 Å². The smallest absolute Gasteiger partial charge is 0.264 e. The van der Waals surface area contributed by atoms with Crippen molar-refractivity contribution in [3.05, 3.63) is 17.3 Å². The van der Waals surface area contributed by atoms with Gasteiger partial charge in [0.05, 0.1) is 18.6 Å². The summed E-state index contributed by atoms with van der Waals surface area (Å²) < 4.78 is 31.7. The highest BCUT2D eigenvalue weighted by Gasteiger charge is 2.10. The summed E-state index contributed by atoms with van der Waals surface area (Å²) in [7, 11) is -3.38. The minimum atomic E-state index is -3.38. The maximum absolute atomic E-state index is 10.8. The summed E-state index contributed by atoms with van der Waals surface area (Å²) in [5.41, 5.74) is 0.768. The summed E-state index contributed by atoms with van der Waals surface area (Å²) in [6, 6.07) is 0. The van der Waals surface area contributed by atoms with Crippen molar-refractivity contribution in [1.29, 1.82) is 0 Å². The van der Waals surface area contributed by atoms with E-state index in [0.717, 1.165) is 29.9 Å². The molecular weight excluding hydrogens is 262 g/mol. The van der Waals surface area contributed by atoms with Crippen LogP contribution in [0.3, 0.4) is 0 Å². The lowest BCUT2D eigenvalue weighted by molar-refractivity contribution is 0.324. The van der Waals surface area contributed by atoms with Gasteiger partial charge in [-0.1, -0.05) is 0 Å². The molecule has 7 heteroatoms. The van der Waals surface area contributed by atoms with E-state index in [4.69, 9.17) is 4.42 Å². The van der Waals surface area contributed by atoms with Crippen LogP contribution in [0, 0.1) is 6.92 Å². The molecule has 5 nitrogen and oxygen atoms in total.